The Morgan fingerprint density at radius 3 is 2.69 bits per heavy atom. The zero-order valence-electron chi connectivity index (χ0n) is 10.1. The first kappa shape index (κ1) is 13.8. The summed E-state index contributed by atoms with van der Waals surface area (Å²) in [6.45, 7) is 8.33. The molecular weight excluding hydrogens is 290 g/mol. The Bertz CT molecular complexity index is 397. The van der Waals surface area contributed by atoms with Crippen LogP contribution >= 0.6 is 27.7 Å². The van der Waals surface area contributed by atoms with Gasteiger partial charge >= 0.3 is 5.69 Å². The van der Waals surface area contributed by atoms with Gasteiger partial charge in [0.05, 0.1) is 0 Å². The van der Waals surface area contributed by atoms with Crippen molar-refractivity contribution in [1.29, 1.82) is 0 Å². The SMILES string of the molecule is CC(C)n1c(SCC(C)(C)CBr)n[nH]c1=O. The number of aromatic nitrogens is 3. The van der Waals surface area contributed by atoms with Crippen LogP contribution in [-0.4, -0.2) is 25.8 Å². The summed E-state index contributed by atoms with van der Waals surface area (Å²) >= 11 is 5.11. The molecule has 0 aromatic carbocycles. The summed E-state index contributed by atoms with van der Waals surface area (Å²) in [7, 11) is 0. The van der Waals surface area contributed by atoms with Gasteiger partial charge in [-0.2, -0.15) is 0 Å². The Hall–Kier alpha value is -0.230. The van der Waals surface area contributed by atoms with E-state index in [0.29, 0.717) is 0 Å². The minimum atomic E-state index is -0.130. The van der Waals surface area contributed by atoms with E-state index in [1.807, 2.05) is 13.8 Å². The van der Waals surface area contributed by atoms with Gasteiger partial charge in [-0.15, -0.1) is 5.10 Å². The van der Waals surface area contributed by atoms with Gasteiger partial charge in [0.2, 0.25) is 0 Å². The van der Waals surface area contributed by atoms with Gasteiger partial charge in [-0.1, -0.05) is 41.5 Å². The predicted octanol–water partition coefficient (Wildman–Crippen LogP) is 2.67. The molecule has 6 heteroatoms. The maximum atomic E-state index is 11.5. The molecule has 0 spiro atoms. The average Bonchev–Trinajstić information content (AvgIpc) is 2.57. The van der Waals surface area contributed by atoms with Crippen LogP contribution < -0.4 is 5.69 Å². The van der Waals surface area contributed by atoms with Gasteiger partial charge in [0.25, 0.3) is 0 Å². The number of aromatic amines is 1. The molecule has 0 saturated carbocycles. The second-order valence-corrected chi connectivity index (χ2v) is 6.36. The van der Waals surface area contributed by atoms with Crippen molar-refractivity contribution in [3.8, 4) is 0 Å². The highest BCUT2D eigenvalue weighted by atomic mass is 79.9. The summed E-state index contributed by atoms with van der Waals surface area (Å²) < 4.78 is 1.69. The molecular formula is C10H18BrN3OS. The van der Waals surface area contributed by atoms with Crippen LogP contribution in [0.25, 0.3) is 0 Å². The quantitative estimate of drug-likeness (QED) is 0.672. The second-order valence-electron chi connectivity index (χ2n) is 4.86. The molecule has 0 bridgehead atoms. The molecule has 1 rings (SSSR count). The standard InChI is InChI=1S/C10H18BrN3OS/c1-7(2)14-8(15)12-13-9(14)16-6-10(3,4)5-11/h7H,5-6H2,1-4H3,(H,12,15). The first-order chi connectivity index (χ1) is 7.37. The second kappa shape index (κ2) is 5.40. The van der Waals surface area contributed by atoms with Crippen LogP contribution in [0, 0.1) is 5.41 Å². The van der Waals surface area contributed by atoms with Crippen LogP contribution in [0.15, 0.2) is 9.95 Å². The maximum absolute atomic E-state index is 11.5. The Morgan fingerprint density at radius 2 is 2.19 bits per heavy atom. The lowest BCUT2D eigenvalue weighted by Gasteiger charge is -2.20. The summed E-state index contributed by atoms with van der Waals surface area (Å²) in [4.78, 5) is 11.5. The molecule has 0 atom stereocenters. The monoisotopic (exact) mass is 307 g/mol. The molecule has 0 radical (unpaired) electrons. The molecule has 0 aliphatic rings. The van der Waals surface area contributed by atoms with Crippen LogP contribution in [0.5, 0.6) is 0 Å². The first-order valence-electron chi connectivity index (χ1n) is 5.23. The van der Waals surface area contributed by atoms with Crippen LogP contribution in [-0.2, 0) is 0 Å². The molecule has 1 aromatic rings. The van der Waals surface area contributed by atoms with Crippen molar-refractivity contribution in [3.05, 3.63) is 10.5 Å². The Morgan fingerprint density at radius 1 is 1.56 bits per heavy atom. The molecule has 1 N–H and O–H groups in total. The van der Waals surface area contributed by atoms with Gasteiger partial charge in [0.15, 0.2) is 5.16 Å². The summed E-state index contributed by atoms with van der Waals surface area (Å²) in [5.41, 5.74) is 0.0655. The number of nitrogens with zero attached hydrogens (tertiary/aromatic N) is 2. The number of hydrogen-bond acceptors (Lipinski definition) is 3. The van der Waals surface area contributed by atoms with Gasteiger partial charge in [0, 0.05) is 17.1 Å². The van der Waals surface area contributed by atoms with Crippen molar-refractivity contribution in [2.45, 2.75) is 38.9 Å². The molecule has 1 heterocycles. The van der Waals surface area contributed by atoms with Crippen molar-refractivity contribution in [2.24, 2.45) is 5.41 Å². The van der Waals surface area contributed by atoms with Crippen molar-refractivity contribution in [2.75, 3.05) is 11.1 Å². The fraction of sp³-hybridized carbons (Fsp3) is 0.800. The minimum Gasteiger partial charge on any atom is -0.268 e. The number of alkyl halides is 1. The first-order valence-corrected chi connectivity index (χ1v) is 7.34. The molecule has 4 nitrogen and oxygen atoms in total. The number of rotatable bonds is 5. The van der Waals surface area contributed by atoms with Gasteiger partial charge in [-0.25, -0.2) is 9.89 Å². The van der Waals surface area contributed by atoms with Crippen LogP contribution in [0.2, 0.25) is 0 Å². The molecule has 0 fully saturated rings. The highest BCUT2D eigenvalue weighted by Crippen LogP contribution is 2.28. The molecule has 1 aromatic heterocycles. The number of halogens is 1. The third-order valence-corrected chi connectivity index (χ3v) is 5.13. The van der Waals surface area contributed by atoms with Crippen molar-refractivity contribution in [1.82, 2.24) is 14.8 Å². The number of thioether (sulfide) groups is 1. The zero-order valence-corrected chi connectivity index (χ0v) is 12.5. The normalized spacial score (nSPS) is 12.4. The van der Waals surface area contributed by atoms with E-state index in [0.717, 1.165) is 16.2 Å². The Labute approximate surface area is 108 Å². The molecule has 0 saturated heterocycles. The average molecular weight is 308 g/mol. The summed E-state index contributed by atoms with van der Waals surface area (Å²) in [5.74, 6) is 0.926. The van der Waals surface area contributed by atoms with Crippen molar-refractivity contribution < 1.29 is 0 Å². The largest absolute Gasteiger partial charge is 0.344 e. The Kier molecular flexibility index (Phi) is 4.67. The molecule has 0 amide bonds. The molecule has 92 valence electrons. The van der Waals surface area contributed by atoms with Crippen LogP contribution in [0.4, 0.5) is 0 Å². The van der Waals surface area contributed by atoms with E-state index >= 15 is 0 Å². The summed E-state index contributed by atoms with van der Waals surface area (Å²) in [6, 6.07) is 0.140. The maximum Gasteiger partial charge on any atom is 0.344 e. The smallest absolute Gasteiger partial charge is 0.268 e. The zero-order chi connectivity index (χ0) is 12.3. The predicted molar refractivity (Wildman–Crippen MR) is 71.5 cm³/mol. The van der Waals surface area contributed by atoms with Gasteiger partial charge in [0.1, 0.15) is 0 Å². The van der Waals surface area contributed by atoms with Crippen LogP contribution in [0.3, 0.4) is 0 Å². The van der Waals surface area contributed by atoms with Gasteiger partial charge in [-0.3, -0.25) is 4.57 Å². The van der Waals surface area contributed by atoms with Crippen molar-refractivity contribution >= 4 is 27.7 Å². The lowest BCUT2D eigenvalue weighted by molar-refractivity contribution is 0.492. The van der Waals surface area contributed by atoms with E-state index in [9.17, 15) is 4.79 Å². The third-order valence-electron chi connectivity index (χ3n) is 2.14. The highest BCUT2D eigenvalue weighted by Gasteiger charge is 2.19. The fourth-order valence-corrected chi connectivity index (χ4v) is 2.77. The van der Waals surface area contributed by atoms with E-state index < -0.39 is 0 Å². The molecule has 0 aliphatic carbocycles. The van der Waals surface area contributed by atoms with Crippen molar-refractivity contribution in [3.63, 3.8) is 0 Å². The fourth-order valence-electron chi connectivity index (χ4n) is 1.15. The highest BCUT2D eigenvalue weighted by molar-refractivity contribution is 9.09. The number of hydrogen-bond donors (Lipinski definition) is 1. The summed E-state index contributed by atoms with van der Waals surface area (Å²) in [6.07, 6.45) is 0. The lowest BCUT2D eigenvalue weighted by atomic mass is 10.0. The lowest BCUT2D eigenvalue weighted by Crippen LogP contribution is -2.21. The molecule has 0 aliphatic heterocycles. The molecule has 16 heavy (non-hydrogen) atoms. The van der Waals surface area contributed by atoms with Gasteiger partial charge < -0.3 is 0 Å². The number of nitrogens with one attached hydrogen (secondary N) is 1. The van der Waals surface area contributed by atoms with E-state index in [1.165, 1.54) is 0 Å². The summed E-state index contributed by atoms with van der Waals surface area (Å²) in [5, 5.41) is 8.25. The topological polar surface area (TPSA) is 50.7 Å². The van der Waals surface area contributed by atoms with E-state index in [1.54, 1.807) is 16.3 Å². The Balaban J connectivity index is 2.79. The van der Waals surface area contributed by atoms with Gasteiger partial charge in [-0.05, 0) is 19.3 Å². The van der Waals surface area contributed by atoms with E-state index in [-0.39, 0.29) is 17.1 Å². The molecule has 0 unspecified atom stereocenters. The van der Waals surface area contributed by atoms with Crippen LogP contribution in [0.1, 0.15) is 33.7 Å². The van der Waals surface area contributed by atoms with E-state index in [4.69, 9.17) is 0 Å². The number of H-pyrrole nitrogens is 1. The minimum absolute atomic E-state index is 0.130. The van der Waals surface area contributed by atoms with E-state index in [2.05, 4.69) is 40.0 Å². The third kappa shape index (κ3) is 3.38.